The number of nitrogens with two attached hydrogens (primary N) is 3. The lowest BCUT2D eigenvalue weighted by Gasteiger charge is -2.14. The van der Waals surface area contributed by atoms with Crippen molar-refractivity contribution in [3.8, 4) is 0 Å². The lowest BCUT2D eigenvalue weighted by atomic mass is 10.1. The van der Waals surface area contributed by atoms with Crippen molar-refractivity contribution >= 4 is 28.4 Å². The molecule has 0 bridgehead atoms. The van der Waals surface area contributed by atoms with E-state index in [1.54, 1.807) is 20.2 Å². The number of nitrogen functional groups attached to an aromatic ring is 3. The Kier molecular flexibility index (Phi) is 2.36. The molecule has 0 fully saturated rings. The highest BCUT2D eigenvalue weighted by atomic mass is 14.9. The van der Waals surface area contributed by atoms with Crippen LogP contribution in [0.1, 0.15) is 0 Å². The molecule has 0 atom stereocenters. The first-order chi connectivity index (χ1) is 6.11. The Morgan fingerprint density at radius 3 is 2.08 bits per heavy atom. The van der Waals surface area contributed by atoms with E-state index in [0.29, 0.717) is 22.7 Å². The second kappa shape index (κ2) is 3.30. The average Bonchev–Trinajstić information content (AvgIpc) is 2.12. The topological polar surface area (TPSA) is 102 Å². The number of rotatable bonds is 2. The summed E-state index contributed by atoms with van der Waals surface area (Å²) < 4.78 is 0. The van der Waals surface area contributed by atoms with Gasteiger partial charge in [0.05, 0.1) is 28.4 Å². The van der Waals surface area contributed by atoms with Crippen molar-refractivity contribution < 1.29 is 0 Å². The maximum absolute atomic E-state index is 5.76. The molecule has 8 N–H and O–H groups in total. The number of hydrogen-bond donors (Lipinski definition) is 5. The standard InChI is InChI=1S/C8H15N5/c1-12-5-3-4(9)8(13-2)7(11)6(5)10/h3,12-13H,9-11H2,1-2H3. The molecule has 1 rings (SSSR count). The predicted octanol–water partition coefficient (Wildman–Crippen LogP) is 0.517. The molecule has 0 heterocycles. The molecule has 72 valence electrons. The van der Waals surface area contributed by atoms with Gasteiger partial charge in [0.25, 0.3) is 0 Å². The van der Waals surface area contributed by atoms with Crippen molar-refractivity contribution in [3.05, 3.63) is 6.07 Å². The molecule has 13 heavy (non-hydrogen) atoms. The number of hydrogen-bond acceptors (Lipinski definition) is 5. The van der Waals surface area contributed by atoms with Gasteiger partial charge in [0.15, 0.2) is 0 Å². The van der Waals surface area contributed by atoms with E-state index >= 15 is 0 Å². The molecule has 0 unspecified atom stereocenters. The number of nitrogens with one attached hydrogen (secondary N) is 2. The molecule has 5 nitrogen and oxygen atoms in total. The van der Waals surface area contributed by atoms with Crippen molar-refractivity contribution in [2.75, 3.05) is 41.9 Å². The second-order valence-electron chi connectivity index (χ2n) is 2.72. The molecule has 0 amide bonds. The summed E-state index contributed by atoms with van der Waals surface area (Å²) in [7, 11) is 3.52. The molecule has 0 saturated carbocycles. The van der Waals surface area contributed by atoms with Crippen molar-refractivity contribution in [2.24, 2.45) is 0 Å². The lowest BCUT2D eigenvalue weighted by Crippen LogP contribution is -2.06. The fraction of sp³-hybridized carbons (Fsp3) is 0.250. The van der Waals surface area contributed by atoms with Crippen LogP contribution in [0.3, 0.4) is 0 Å². The van der Waals surface area contributed by atoms with E-state index in [1.165, 1.54) is 0 Å². The first-order valence-corrected chi connectivity index (χ1v) is 3.94. The normalized spacial score (nSPS) is 9.69. The fourth-order valence-electron chi connectivity index (χ4n) is 1.23. The van der Waals surface area contributed by atoms with Crippen LogP contribution in [0.4, 0.5) is 28.4 Å². The van der Waals surface area contributed by atoms with Crippen molar-refractivity contribution in [3.63, 3.8) is 0 Å². The van der Waals surface area contributed by atoms with Crippen molar-refractivity contribution in [1.29, 1.82) is 0 Å². The fourth-order valence-corrected chi connectivity index (χ4v) is 1.23. The van der Waals surface area contributed by atoms with Crippen LogP contribution < -0.4 is 27.8 Å². The third kappa shape index (κ3) is 1.40. The van der Waals surface area contributed by atoms with E-state index in [4.69, 9.17) is 17.2 Å². The van der Waals surface area contributed by atoms with E-state index in [-0.39, 0.29) is 0 Å². The average molecular weight is 181 g/mol. The van der Waals surface area contributed by atoms with Gasteiger partial charge in [-0.25, -0.2) is 0 Å². The van der Waals surface area contributed by atoms with Gasteiger partial charge in [0, 0.05) is 14.1 Å². The summed E-state index contributed by atoms with van der Waals surface area (Å²) in [6.07, 6.45) is 0. The highest BCUT2D eigenvalue weighted by molar-refractivity contribution is 5.95. The molecule has 1 aromatic carbocycles. The molecule has 0 aliphatic carbocycles. The quantitative estimate of drug-likeness (QED) is 0.428. The van der Waals surface area contributed by atoms with E-state index < -0.39 is 0 Å². The highest BCUT2D eigenvalue weighted by Crippen LogP contribution is 2.36. The summed E-state index contributed by atoms with van der Waals surface area (Å²) in [5.74, 6) is 0. The summed E-state index contributed by atoms with van der Waals surface area (Å²) in [6.45, 7) is 0. The predicted molar refractivity (Wildman–Crippen MR) is 58.8 cm³/mol. The third-order valence-electron chi connectivity index (χ3n) is 1.96. The molecule has 1 aromatic rings. The molecule has 0 radical (unpaired) electrons. The lowest BCUT2D eigenvalue weighted by molar-refractivity contribution is 1.47. The Bertz CT molecular complexity index is 321. The SMILES string of the molecule is CNc1cc(N)c(NC)c(N)c1N. The molecular formula is C8H15N5. The van der Waals surface area contributed by atoms with Gasteiger partial charge in [-0.1, -0.05) is 0 Å². The van der Waals surface area contributed by atoms with Gasteiger partial charge in [-0.3, -0.25) is 0 Å². The summed E-state index contributed by atoms with van der Waals surface area (Å²) in [5, 5.41) is 5.81. The zero-order chi connectivity index (χ0) is 10.0. The zero-order valence-electron chi connectivity index (χ0n) is 7.81. The Labute approximate surface area is 77.3 Å². The van der Waals surface area contributed by atoms with Gasteiger partial charge >= 0.3 is 0 Å². The minimum atomic E-state index is 0.479. The number of anilines is 5. The maximum Gasteiger partial charge on any atom is 0.0827 e. The Morgan fingerprint density at radius 1 is 1.00 bits per heavy atom. The van der Waals surface area contributed by atoms with Crippen LogP contribution in [0.15, 0.2) is 6.07 Å². The van der Waals surface area contributed by atoms with Gasteiger partial charge in [0.2, 0.25) is 0 Å². The monoisotopic (exact) mass is 181 g/mol. The van der Waals surface area contributed by atoms with Crippen molar-refractivity contribution in [1.82, 2.24) is 0 Å². The van der Waals surface area contributed by atoms with Crippen molar-refractivity contribution in [2.45, 2.75) is 0 Å². The molecule has 0 aromatic heterocycles. The minimum Gasteiger partial charge on any atom is -0.397 e. The first kappa shape index (κ1) is 9.31. The van der Waals surface area contributed by atoms with Crippen LogP contribution in [-0.4, -0.2) is 14.1 Å². The summed E-state index contributed by atoms with van der Waals surface area (Å²) in [5.41, 5.74) is 20.3. The molecular weight excluding hydrogens is 166 g/mol. The van der Waals surface area contributed by atoms with Gasteiger partial charge in [0.1, 0.15) is 0 Å². The summed E-state index contributed by atoms with van der Waals surface area (Å²) in [6, 6.07) is 1.75. The van der Waals surface area contributed by atoms with E-state index in [0.717, 1.165) is 5.69 Å². The molecule has 0 saturated heterocycles. The smallest absolute Gasteiger partial charge is 0.0827 e. The minimum absolute atomic E-state index is 0.479. The first-order valence-electron chi connectivity index (χ1n) is 3.94. The van der Waals surface area contributed by atoms with E-state index in [9.17, 15) is 0 Å². The van der Waals surface area contributed by atoms with Crippen LogP contribution >= 0.6 is 0 Å². The Hall–Kier alpha value is -1.78. The van der Waals surface area contributed by atoms with Gasteiger partial charge in [-0.15, -0.1) is 0 Å². The second-order valence-corrected chi connectivity index (χ2v) is 2.72. The summed E-state index contributed by atoms with van der Waals surface area (Å²) in [4.78, 5) is 0. The highest BCUT2D eigenvalue weighted by Gasteiger charge is 2.09. The Balaban J connectivity index is 3.37. The third-order valence-corrected chi connectivity index (χ3v) is 1.96. The van der Waals surface area contributed by atoms with Crippen LogP contribution in [0.25, 0.3) is 0 Å². The van der Waals surface area contributed by atoms with Crippen LogP contribution in [0, 0.1) is 0 Å². The molecule has 5 heteroatoms. The molecule has 0 spiro atoms. The van der Waals surface area contributed by atoms with Crippen LogP contribution in [0.5, 0.6) is 0 Å². The molecule has 0 aliphatic heterocycles. The van der Waals surface area contributed by atoms with E-state index in [1.807, 2.05) is 0 Å². The van der Waals surface area contributed by atoms with Crippen LogP contribution in [-0.2, 0) is 0 Å². The number of benzene rings is 1. The Morgan fingerprint density at radius 2 is 1.62 bits per heavy atom. The largest absolute Gasteiger partial charge is 0.397 e. The van der Waals surface area contributed by atoms with Crippen LogP contribution in [0.2, 0.25) is 0 Å². The molecule has 0 aliphatic rings. The zero-order valence-corrected chi connectivity index (χ0v) is 7.81. The van der Waals surface area contributed by atoms with E-state index in [2.05, 4.69) is 10.6 Å². The van der Waals surface area contributed by atoms with Gasteiger partial charge < -0.3 is 27.8 Å². The maximum atomic E-state index is 5.76. The summed E-state index contributed by atoms with van der Waals surface area (Å²) >= 11 is 0. The van der Waals surface area contributed by atoms with Gasteiger partial charge in [-0.2, -0.15) is 0 Å². The van der Waals surface area contributed by atoms with Gasteiger partial charge in [-0.05, 0) is 6.07 Å².